The molecule has 3 aliphatic heterocycles. The van der Waals surface area contributed by atoms with Crippen molar-refractivity contribution in [2.24, 2.45) is 5.41 Å². The van der Waals surface area contributed by atoms with Gasteiger partial charge in [0.25, 0.3) is 0 Å². The summed E-state index contributed by atoms with van der Waals surface area (Å²) in [5, 5.41) is 6.82. The summed E-state index contributed by atoms with van der Waals surface area (Å²) in [5.41, 5.74) is 1.07. The molecule has 1 spiro atoms. The standard InChI is InChI=1S/C20H28N4O3/c1-27-16-4-2-3-15(11-16)24-10-9-23(13-18(24)25)19(26)17-12-20(14-22-17)5-7-21-8-6-20/h2-4,11,17,21-22H,5-10,12-14H2,1H3. The third-order valence-corrected chi connectivity index (χ3v) is 6.22. The molecule has 4 rings (SSSR count). The summed E-state index contributed by atoms with van der Waals surface area (Å²) < 4.78 is 5.25. The van der Waals surface area contributed by atoms with Crippen molar-refractivity contribution in [3.8, 4) is 5.75 Å². The van der Waals surface area contributed by atoms with E-state index in [4.69, 9.17) is 4.74 Å². The molecule has 1 aromatic rings. The van der Waals surface area contributed by atoms with Crippen LogP contribution in [0, 0.1) is 5.41 Å². The Balaban J connectivity index is 1.38. The lowest BCUT2D eigenvalue weighted by atomic mass is 9.77. The number of piperazine rings is 1. The molecule has 3 heterocycles. The molecule has 27 heavy (non-hydrogen) atoms. The van der Waals surface area contributed by atoms with Crippen LogP contribution in [-0.4, -0.2) is 69.1 Å². The van der Waals surface area contributed by atoms with Gasteiger partial charge in [0, 0.05) is 31.4 Å². The van der Waals surface area contributed by atoms with Gasteiger partial charge in [-0.05, 0) is 49.9 Å². The Morgan fingerprint density at radius 3 is 2.81 bits per heavy atom. The van der Waals surface area contributed by atoms with Gasteiger partial charge in [0.05, 0.1) is 13.2 Å². The second-order valence-electron chi connectivity index (χ2n) is 7.89. The Hall–Kier alpha value is -2.12. The minimum absolute atomic E-state index is 0.0440. The van der Waals surface area contributed by atoms with E-state index in [1.165, 1.54) is 0 Å². The van der Waals surface area contributed by atoms with E-state index in [0.29, 0.717) is 13.1 Å². The third kappa shape index (κ3) is 3.66. The lowest BCUT2D eigenvalue weighted by Gasteiger charge is -2.36. The van der Waals surface area contributed by atoms with Gasteiger partial charge in [-0.25, -0.2) is 0 Å². The number of carbonyl (C=O) groups is 2. The number of nitrogens with one attached hydrogen (secondary N) is 2. The zero-order valence-electron chi connectivity index (χ0n) is 15.9. The van der Waals surface area contributed by atoms with Gasteiger partial charge in [0.15, 0.2) is 0 Å². The Labute approximate surface area is 160 Å². The number of benzene rings is 1. The maximum absolute atomic E-state index is 13.0. The summed E-state index contributed by atoms with van der Waals surface area (Å²) >= 11 is 0. The van der Waals surface area contributed by atoms with Gasteiger partial charge in [-0.3, -0.25) is 9.59 Å². The second kappa shape index (κ2) is 7.48. The van der Waals surface area contributed by atoms with Crippen LogP contribution < -0.4 is 20.3 Å². The molecule has 1 unspecified atom stereocenters. The van der Waals surface area contributed by atoms with Crippen molar-refractivity contribution in [3.63, 3.8) is 0 Å². The average molecular weight is 372 g/mol. The number of hydrogen-bond donors (Lipinski definition) is 2. The fourth-order valence-electron chi connectivity index (χ4n) is 4.56. The van der Waals surface area contributed by atoms with Crippen LogP contribution in [0.2, 0.25) is 0 Å². The first-order chi connectivity index (χ1) is 13.1. The number of hydrogen-bond acceptors (Lipinski definition) is 5. The highest BCUT2D eigenvalue weighted by atomic mass is 16.5. The molecule has 3 fully saturated rings. The van der Waals surface area contributed by atoms with E-state index in [1.54, 1.807) is 16.9 Å². The van der Waals surface area contributed by atoms with Gasteiger partial charge >= 0.3 is 0 Å². The molecule has 0 aliphatic carbocycles. The van der Waals surface area contributed by atoms with Gasteiger partial charge in [-0.1, -0.05) is 6.07 Å². The van der Waals surface area contributed by atoms with Crippen LogP contribution in [-0.2, 0) is 9.59 Å². The molecule has 1 aromatic carbocycles. The number of ether oxygens (including phenoxy) is 1. The van der Waals surface area contributed by atoms with Crippen molar-refractivity contribution in [1.29, 1.82) is 0 Å². The Morgan fingerprint density at radius 1 is 1.26 bits per heavy atom. The highest BCUT2D eigenvalue weighted by molar-refractivity contribution is 5.98. The topological polar surface area (TPSA) is 73.9 Å². The lowest BCUT2D eigenvalue weighted by Crippen LogP contribution is -2.55. The molecule has 0 bridgehead atoms. The lowest BCUT2D eigenvalue weighted by molar-refractivity contribution is -0.138. The number of piperidine rings is 1. The van der Waals surface area contributed by atoms with Gasteiger partial charge < -0.3 is 25.2 Å². The van der Waals surface area contributed by atoms with Crippen molar-refractivity contribution >= 4 is 17.5 Å². The van der Waals surface area contributed by atoms with Gasteiger partial charge in [0.1, 0.15) is 12.3 Å². The maximum atomic E-state index is 13.0. The SMILES string of the molecule is COc1cccc(N2CCN(C(=O)C3CC4(CCNCC4)CN3)CC2=O)c1. The second-order valence-corrected chi connectivity index (χ2v) is 7.89. The largest absolute Gasteiger partial charge is 0.497 e. The maximum Gasteiger partial charge on any atom is 0.246 e. The van der Waals surface area contributed by atoms with Gasteiger partial charge in [-0.2, -0.15) is 0 Å². The predicted octanol–water partition coefficient (Wildman–Crippen LogP) is 0.602. The summed E-state index contributed by atoms with van der Waals surface area (Å²) in [7, 11) is 1.61. The van der Waals surface area contributed by atoms with E-state index in [9.17, 15) is 9.59 Å². The van der Waals surface area contributed by atoms with E-state index in [1.807, 2.05) is 24.3 Å². The minimum Gasteiger partial charge on any atom is -0.497 e. The first-order valence-corrected chi connectivity index (χ1v) is 9.78. The third-order valence-electron chi connectivity index (χ3n) is 6.22. The Bertz CT molecular complexity index is 717. The van der Waals surface area contributed by atoms with Crippen molar-refractivity contribution in [1.82, 2.24) is 15.5 Å². The number of rotatable bonds is 3. The first-order valence-electron chi connectivity index (χ1n) is 9.78. The minimum atomic E-state index is -0.153. The quantitative estimate of drug-likeness (QED) is 0.813. The number of amides is 2. The fourth-order valence-corrected chi connectivity index (χ4v) is 4.56. The van der Waals surface area contributed by atoms with Crippen LogP contribution >= 0.6 is 0 Å². The predicted molar refractivity (Wildman–Crippen MR) is 103 cm³/mol. The smallest absolute Gasteiger partial charge is 0.246 e. The molecule has 3 saturated heterocycles. The van der Waals surface area contributed by atoms with E-state index >= 15 is 0 Å². The van der Waals surface area contributed by atoms with E-state index in [0.717, 1.165) is 50.3 Å². The molecule has 2 amide bonds. The van der Waals surface area contributed by atoms with E-state index in [-0.39, 0.29) is 29.8 Å². The fraction of sp³-hybridized carbons (Fsp3) is 0.600. The van der Waals surface area contributed by atoms with Crippen molar-refractivity contribution in [2.75, 3.05) is 51.3 Å². The summed E-state index contributed by atoms with van der Waals surface area (Å²) in [6.45, 7) is 4.18. The van der Waals surface area contributed by atoms with Crippen molar-refractivity contribution in [3.05, 3.63) is 24.3 Å². The summed E-state index contributed by atoms with van der Waals surface area (Å²) in [6.07, 6.45) is 3.12. The number of methoxy groups -OCH3 is 1. The van der Waals surface area contributed by atoms with E-state index < -0.39 is 0 Å². The molecule has 7 nitrogen and oxygen atoms in total. The van der Waals surface area contributed by atoms with Crippen molar-refractivity contribution < 1.29 is 14.3 Å². The Morgan fingerprint density at radius 2 is 2.07 bits per heavy atom. The number of anilines is 1. The zero-order chi connectivity index (χ0) is 18.9. The highest BCUT2D eigenvalue weighted by Crippen LogP contribution is 2.38. The molecule has 3 aliphatic rings. The molecule has 7 heteroatoms. The molecule has 0 radical (unpaired) electrons. The van der Waals surface area contributed by atoms with Gasteiger partial charge in [0.2, 0.25) is 11.8 Å². The van der Waals surface area contributed by atoms with Crippen LogP contribution in [0.4, 0.5) is 5.69 Å². The summed E-state index contributed by atoms with van der Waals surface area (Å²) in [5.74, 6) is 0.753. The Kier molecular flexibility index (Phi) is 5.06. The first kappa shape index (κ1) is 18.3. The van der Waals surface area contributed by atoms with Crippen LogP contribution in [0.15, 0.2) is 24.3 Å². The summed E-state index contributed by atoms with van der Waals surface area (Å²) in [6, 6.07) is 7.33. The zero-order valence-corrected chi connectivity index (χ0v) is 15.9. The number of carbonyl (C=O) groups excluding carboxylic acids is 2. The molecule has 1 atom stereocenters. The molecular weight excluding hydrogens is 344 g/mol. The monoisotopic (exact) mass is 372 g/mol. The van der Waals surface area contributed by atoms with Crippen LogP contribution in [0.1, 0.15) is 19.3 Å². The summed E-state index contributed by atoms with van der Waals surface area (Å²) in [4.78, 5) is 29.1. The number of nitrogens with zero attached hydrogens (tertiary/aromatic N) is 2. The molecule has 0 aromatic heterocycles. The molecule has 0 saturated carbocycles. The van der Waals surface area contributed by atoms with Crippen LogP contribution in [0.3, 0.4) is 0 Å². The van der Waals surface area contributed by atoms with Gasteiger partial charge in [-0.15, -0.1) is 0 Å². The molecule has 2 N–H and O–H groups in total. The highest BCUT2D eigenvalue weighted by Gasteiger charge is 2.44. The van der Waals surface area contributed by atoms with Crippen LogP contribution in [0.5, 0.6) is 5.75 Å². The molecule has 146 valence electrons. The molecular formula is C20H28N4O3. The van der Waals surface area contributed by atoms with Crippen LogP contribution in [0.25, 0.3) is 0 Å². The van der Waals surface area contributed by atoms with Crippen molar-refractivity contribution in [2.45, 2.75) is 25.3 Å². The van der Waals surface area contributed by atoms with E-state index in [2.05, 4.69) is 10.6 Å². The average Bonchev–Trinajstić information content (AvgIpc) is 3.11. The normalized spacial score (nSPS) is 25.1.